The van der Waals surface area contributed by atoms with Crippen molar-refractivity contribution in [2.24, 2.45) is 0 Å². The van der Waals surface area contributed by atoms with Crippen LogP contribution in [0.4, 0.5) is 5.69 Å². The fraction of sp³-hybridized carbons (Fsp3) is 0.364. The zero-order valence-corrected chi connectivity index (χ0v) is 14.7. The van der Waals surface area contributed by atoms with Crippen LogP contribution in [0, 0.1) is 0 Å². The minimum atomic E-state index is 0.0330. The van der Waals surface area contributed by atoms with E-state index in [0.29, 0.717) is 18.9 Å². The second-order valence-electron chi connectivity index (χ2n) is 7.68. The molecular formula is C22H22N2O2. The van der Waals surface area contributed by atoms with Crippen LogP contribution in [0.3, 0.4) is 0 Å². The summed E-state index contributed by atoms with van der Waals surface area (Å²) in [6.45, 7) is 0. The number of carbonyl (C=O) groups is 2. The summed E-state index contributed by atoms with van der Waals surface area (Å²) in [5, 5.41) is 2.88. The molecule has 0 bridgehead atoms. The molecule has 0 spiro atoms. The van der Waals surface area contributed by atoms with Gasteiger partial charge < -0.3 is 10.2 Å². The highest BCUT2D eigenvalue weighted by Crippen LogP contribution is 2.42. The van der Waals surface area contributed by atoms with E-state index in [4.69, 9.17) is 0 Å². The average molecular weight is 346 g/mol. The van der Waals surface area contributed by atoms with E-state index in [1.807, 2.05) is 18.2 Å². The first-order chi connectivity index (χ1) is 12.7. The van der Waals surface area contributed by atoms with E-state index in [-0.39, 0.29) is 17.9 Å². The minimum absolute atomic E-state index is 0.0330. The Morgan fingerprint density at radius 3 is 2.77 bits per heavy atom. The van der Waals surface area contributed by atoms with Gasteiger partial charge in [0.25, 0.3) is 0 Å². The summed E-state index contributed by atoms with van der Waals surface area (Å²) >= 11 is 0. The highest BCUT2D eigenvalue weighted by atomic mass is 16.2. The van der Waals surface area contributed by atoms with E-state index in [2.05, 4.69) is 34.5 Å². The molecule has 2 aromatic rings. The van der Waals surface area contributed by atoms with E-state index in [1.165, 1.54) is 11.1 Å². The van der Waals surface area contributed by atoms with Gasteiger partial charge in [-0.25, -0.2) is 0 Å². The summed E-state index contributed by atoms with van der Waals surface area (Å²) in [6, 6.07) is 15.1. The Labute approximate surface area is 153 Å². The maximum Gasteiger partial charge on any atom is 0.228 e. The van der Waals surface area contributed by atoms with Crippen LogP contribution in [0.15, 0.2) is 42.5 Å². The Kier molecular flexibility index (Phi) is 3.59. The highest BCUT2D eigenvalue weighted by molar-refractivity contribution is 5.99. The van der Waals surface area contributed by atoms with Gasteiger partial charge in [-0.2, -0.15) is 0 Å². The number of fused-ring (bicyclic) bond motifs is 2. The summed E-state index contributed by atoms with van der Waals surface area (Å²) in [5.41, 5.74) is 5.58. The van der Waals surface area contributed by atoms with Crippen molar-refractivity contribution in [2.75, 3.05) is 5.32 Å². The molecule has 26 heavy (non-hydrogen) atoms. The minimum Gasteiger partial charge on any atom is -0.332 e. The number of hydrogen-bond acceptors (Lipinski definition) is 2. The third-order valence-electron chi connectivity index (χ3n) is 5.82. The quantitative estimate of drug-likeness (QED) is 0.922. The zero-order valence-electron chi connectivity index (χ0n) is 14.7. The van der Waals surface area contributed by atoms with Gasteiger partial charge in [-0.3, -0.25) is 9.59 Å². The Hall–Kier alpha value is -2.62. The molecule has 0 saturated heterocycles. The third-order valence-corrected chi connectivity index (χ3v) is 5.82. The SMILES string of the molecule is O=C1Cc2ccc(CC(=O)N(C3CC3)[C@H]3CCc4ccccc43)cc2N1. The number of nitrogens with one attached hydrogen (secondary N) is 1. The second-order valence-corrected chi connectivity index (χ2v) is 7.68. The molecule has 3 aliphatic rings. The zero-order chi connectivity index (χ0) is 17.7. The molecule has 4 nitrogen and oxygen atoms in total. The lowest BCUT2D eigenvalue weighted by atomic mass is 10.0. The molecule has 132 valence electrons. The van der Waals surface area contributed by atoms with Crippen LogP contribution in [-0.4, -0.2) is 22.8 Å². The number of nitrogens with zero attached hydrogens (tertiary/aromatic N) is 1. The summed E-state index contributed by atoms with van der Waals surface area (Å²) in [6.07, 6.45) is 5.16. The Morgan fingerprint density at radius 1 is 1.08 bits per heavy atom. The summed E-state index contributed by atoms with van der Waals surface area (Å²) in [7, 11) is 0. The fourth-order valence-electron chi connectivity index (χ4n) is 4.45. The molecule has 5 rings (SSSR count). The Morgan fingerprint density at radius 2 is 1.92 bits per heavy atom. The van der Waals surface area contributed by atoms with Crippen LogP contribution in [0.2, 0.25) is 0 Å². The third kappa shape index (κ3) is 2.70. The van der Waals surface area contributed by atoms with Gasteiger partial charge in [0.1, 0.15) is 0 Å². The van der Waals surface area contributed by atoms with Gasteiger partial charge in [0.05, 0.1) is 18.9 Å². The van der Waals surface area contributed by atoms with Crippen LogP contribution in [0.5, 0.6) is 0 Å². The van der Waals surface area contributed by atoms with Gasteiger partial charge in [0.2, 0.25) is 11.8 Å². The van der Waals surface area contributed by atoms with E-state index in [9.17, 15) is 9.59 Å². The first-order valence-electron chi connectivity index (χ1n) is 9.49. The van der Waals surface area contributed by atoms with Crippen LogP contribution >= 0.6 is 0 Å². The van der Waals surface area contributed by atoms with E-state index in [0.717, 1.165) is 42.5 Å². The topological polar surface area (TPSA) is 49.4 Å². The predicted molar refractivity (Wildman–Crippen MR) is 99.9 cm³/mol. The van der Waals surface area contributed by atoms with Crippen LogP contribution < -0.4 is 5.32 Å². The van der Waals surface area contributed by atoms with Gasteiger partial charge in [-0.1, -0.05) is 36.4 Å². The number of benzene rings is 2. The Balaban J connectivity index is 1.38. The number of hydrogen-bond donors (Lipinski definition) is 1. The molecule has 1 fully saturated rings. The first kappa shape index (κ1) is 15.6. The molecule has 0 aromatic heterocycles. The predicted octanol–water partition coefficient (Wildman–Crippen LogP) is 3.40. The van der Waals surface area contributed by atoms with Crippen molar-refractivity contribution in [3.63, 3.8) is 0 Å². The van der Waals surface area contributed by atoms with Gasteiger partial charge in [0.15, 0.2) is 0 Å². The lowest BCUT2D eigenvalue weighted by Gasteiger charge is -2.30. The molecule has 1 saturated carbocycles. The van der Waals surface area contributed by atoms with Crippen molar-refractivity contribution < 1.29 is 9.59 Å². The lowest BCUT2D eigenvalue weighted by Crippen LogP contribution is -2.37. The fourth-order valence-corrected chi connectivity index (χ4v) is 4.45. The van der Waals surface area contributed by atoms with E-state index >= 15 is 0 Å². The summed E-state index contributed by atoms with van der Waals surface area (Å²) in [4.78, 5) is 26.9. The van der Waals surface area contributed by atoms with Crippen molar-refractivity contribution in [3.05, 3.63) is 64.7 Å². The second kappa shape index (κ2) is 5.97. The standard InChI is InChI=1S/C22H22N2O2/c25-21-13-16-6-5-14(11-19(16)23-21)12-22(26)24(17-8-9-17)20-10-7-15-3-1-2-4-18(15)20/h1-6,11,17,20H,7-10,12-13H2,(H,23,25)/t20-/m0/s1. The van der Waals surface area contributed by atoms with Gasteiger partial charge in [-0.15, -0.1) is 0 Å². The van der Waals surface area contributed by atoms with Crippen molar-refractivity contribution in [1.29, 1.82) is 0 Å². The van der Waals surface area contributed by atoms with Crippen molar-refractivity contribution in [1.82, 2.24) is 4.90 Å². The molecule has 1 N–H and O–H groups in total. The molecule has 4 heteroatoms. The lowest BCUT2D eigenvalue weighted by molar-refractivity contribution is -0.133. The smallest absolute Gasteiger partial charge is 0.228 e. The van der Waals surface area contributed by atoms with Crippen LogP contribution in [0.25, 0.3) is 0 Å². The maximum atomic E-state index is 13.2. The molecule has 2 aliphatic carbocycles. The number of anilines is 1. The van der Waals surface area contributed by atoms with Crippen LogP contribution in [-0.2, 0) is 28.9 Å². The van der Waals surface area contributed by atoms with Crippen LogP contribution in [0.1, 0.15) is 47.6 Å². The number of amides is 2. The summed E-state index contributed by atoms with van der Waals surface area (Å²) < 4.78 is 0. The molecule has 1 aliphatic heterocycles. The molecular weight excluding hydrogens is 324 g/mol. The van der Waals surface area contributed by atoms with Crippen molar-refractivity contribution in [2.45, 2.75) is 50.6 Å². The molecule has 1 atom stereocenters. The molecule has 0 radical (unpaired) electrons. The van der Waals surface area contributed by atoms with Gasteiger partial charge in [-0.05, 0) is 54.0 Å². The van der Waals surface area contributed by atoms with E-state index in [1.54, 1.807) is 0 Å². The maximum absolute atomic E-state index is 13.2. The normalized spacial score (nSPS) is 20.5. The van der Waals surface area contributed by atoms with Gasteiger partial charge >= 0.3 is 0 Å². The van der Waals surface area contributed by atoms with Crippen molar-refractivity contribution >= 4 is 17.5 Å². The average Bonchev–Trinajstić information content (AvgIpc) is 3.26. The first-order valence-corrected chi connectivity index (χ1v) is 9.49. The number of carbonyl (C=O) groups excluding carboxylic acids is 2. The number of rotatable bonds is 4. The van der Waals surface area contributed by atoms with Gasteiger partial charge in [0, 0.05) is 11.7 Å². The van der Waals surface area contributed by atoms with Crippen molar-refractivity contribution in [3.8, 4) is 0 Å². The summed E-state index contributed by atoms with van der Waals surface area (Å²) in [5.74, 6) is 0.240. The molecule has 2 amide bonds. The van der Waals surface area contributed by atoms with E-state index < -0.39 is 0 Å². The molecule has 2 aromatic carbocycles. The molecule has 0 unspecified atom stereocenters. The number of aryl methyl sites for hydroxylation is 1. The Bertz CT molecular complexity index is 901. The largest absolute Gasteiger partial charge is 0.332 e. The monoisotopic (exact) mass is 346 g/mol. The highest BCUT2D eigenvalue weighted by Gasteiger charge is 2.40. The molecule has 1 heterocycles.